The standard InChI is InChI=1S/C21H27FN2O2/c1-14-10-17(11-15(2)20(14)26-5)13-24(4)16(3)21(25)23-12-18-8-6-7-9-19(18)22/h6-11,16H,12-13H2,1-5H3,(H,23,25). The van der Waals surface area contributed by atoms with Gasteiger partial charge in [-0.25, -0.2) is 4.39 Å². The molecule has 1 unspecified atom stereocenters. The van der Waals surface area contributed by atoms with Crippen LogP contribution in [0, 0.1) is 19.7 Å². The first kappa shape index (κ1) is 19.9. The maximum atomic E-state index is 13.7. The third-order valence-electron chi connectivity index (χ3n) is 4.61. The summed E-state index contributed by atoms with van der Waals surface area (Å²) in [7, 11) is 3.57. The molecule has 0 spiro atoms. The zero-order chi connectivity index (χ0) is 19.3. The van der Waals surface area contributed by atoms with Crippen LogP contribution in [0.25, 0.3) is 0 Å². The number of amides is 1. The number of methoxy groups -OCH3 is 1. The van der Waals surface area contributed by atoms with Crippen LogP contribution in [-0.2, 0) is 17.9 Å². The Balaban J connectivity index is 1.97. The molecule has 140 valence electrons. The van der Waals surface area contributed by atoms with Crippen molar-refractivity contribution in [3.8, 4) is 5.75 Å². The van der Waals surface area contributed by atoms with Gasteiger partial charge in [-0.3, -0.25) is 9.69 Å². The van der Waals surface area contributed by atoms with Crippen LogP contribution < -0.4 is 10.1 Å². The lowest BCUT2D eigenvalue weighted by Crippen LogP contribution is -2.42. The zero-order valence-electron chi connectivity index (χ0n) is 16.1. The lowest BCUT2D eigenvalue weighted by Gasteiger charge is -2.24. The number of benzene rings is 2. The number of hydrogen-bond acceptors (Lipinski definition) is 3. The molecule has 1 amide bonds. The molecular weight excluding hydrogens is 331 g/mol. The van der Waals surface area contributed by atoms with Crippen LogP contribution >= 0.6 is 0 Å². The maximum Gasteiger partial charge on any atom is 0.237 e. The SMILES string of the molecule is COc1c(C)cc(CN(C)C(C)C(=O)NCc2ccccc2F)cc1C. The lowest BCUT2D eigenvalue weighted by molar-refractivity contribution is -0.125. The van der Waals surface area contributed by atoms with Crippen LogP contribution in [0.2, 0.25) is 0 Å². The third-order valence-corrected chi connectivity index (χ3v) is 4.61. The predicted octanol–water partition coefficient (Wildman–Crippen LogP) is 3.59. The topological polar surface area (TPSA) is 41.6 Å². The Hall–Kier alpha value is -2.40. The molecular formula is C21H27FN2O2. The van der Waals surface area contributed by atoms with Crippen LogP contribution in [0.1, 0.15) is 29.2 Å². The summed E-state index contributed by atoms with van der Waals surface area (Å²) in [6, 6.07) is 10.3. The van der Waals surface area contributed by atoms with E-state index in [0.717, 1.165) is 22.4 Å². The zero-order valence-corrected chi connectivity index (χ0v) is 16.1. The van der Waals surface area contributed by atoms with Gasteiger partial charge in [-0.2, -0.15) is 0 Å². The van der Waals surface area contributed by atoms with Crippen molar-refractivity contribution in [2.45, 2.75) is 39.9 Å². The van der Waals surface area contributed by atoms with Gasteiger partial charge in [0.25, 0.3) is 0 Å². The van der Waals surface area contributed by atoms with Crippen LogP contribution in [0.3, 0.4) is 0 Å². The molecule has 0 aliphatic carbocycles. The van der Waals surface area contributed by atoms with Crippen molar-refractivity contribution in [3.63, 3.8) is 0 Å². The van der Waals surface area contributed by atoms with E-state index in [9.17, 15) is 9.18 Å². The summed E-state index contributed by atoms with van der Waals surface area (Å²) in [5.74, 6) is 0.461. The first-order chi connectivity index (χ1) is 12.3. The summed E-state index contributed by atoms with van der Waals surface area (Å²) in [6.45, 7) is 6.70. The van der Waals surface area contributed by atoms with Crippen LogP contribution in [0.5, 0.6) is 5.75 Å². The molecule has 0 heterocycles. The molecule has 2 aromatic carbocycles. The number of nitrogens with zero attached hydrogens (tertiary/aromatic N) is 1. The van der Waals surface area contributed by atoms with E-state index in [4.69, 9.17) is 4.74 Å². The summed E-state index contributed by atoms with van der Waals surface area (Å²) >= 11 is 0. The minimum atomic E-state index is -0.329. The van der Waals surface area contributed by atoms with Gasteiger partial charge in [-0.05, 0) is 50.6 Å². The number of halogens is 1. The second kappa shape index (κ2) is 8.81. The first-order valence-electron chi connectivity index (χ1n) is 8.69. The number of likely N-dealkylation sites (N-methyl/N-ethyl adjacent to an activating group) is 1. The summed E-state index contributed by atoms with van der Waals surface area (Å²) in [5.41, 5.74) is 3.76. The van der Waals surface area contributed by atoms with E-state index in [1.807, 2.05) is 32.7 Å². The Morgan fingerprint density at radius 1 is 1.23 bits per heavy atom. The quantitative estimate of drug-likeness (QED) is 0.822. The van der Waals surface area contributed by atoms with E-state index in [1.165, 1.54) is 6.07 Å². The van der Waals surface area contributed by atoms with Gasteiger partial charge >= 0.3 is 0 Å². The summed E-state index contributed by atoms with van der Waals surface area (Å²) in [6.07, 6.45) is 0. The van der Waals surface area contributed by atoms with Crippen LogP contribution in [0.4, 0.5) is 4.39 Å². The molecule has 5 heteroatoms. The lowest BCUT2D eigenvalue weighted by atomic mass is 10.0. The molecule has 2 rings (SSSR count). The van der Waals surface area contributed by atoms with Crippen LogP contribution in [-0.4, -0.2) is 31.0 Å². The van der Waals surface area contributed by atoms with Gasteiger partial charge in [-0.1, -0.05) is 30.3 Å². The highest BCUT2D eigenvalue weighted by Gasteiger charge is 2.19. The van der Waals surface area contributed by atoms with Crippen molar-refractivity contribution in [1.82, 2.24) is 10.2 Å². The number of hydrogen-bond donors (Lipinski definition) is 1. The molecule has 1 atom stereocenters. The minimum absolute atomic E-state index is 0.127. The summed E-state index contributed by atoms with van der Waals surface area (Å²) < 4.78 is 19.0. The molecule has 26 heavy (non-hydrogen) atoms. The van der Waals surface area contributed by atoms with E-state index >= 15 is 0 Å². The number of carbonyl (C=O) groups excluding carboxylic acids is 1. The van der Waals surface area contributed by atoms with Gasteiger partial charge < -0.3 is 10.1 Å². The molecule has 0 aliphatic heterocycles. The second-order valence-corrected chi connectivity index (χ2v) is 6.66. The van der Waals surface area contributed by atoms with Gasteiger partial charge in [0.1, 0.15) is 11.6 Å². The number of rotatable bonds is 7. The van der Waals surface area contributed by atoms with Gasteiger partial charge in [0.2, 0.25) is 5.91 Å². The van der Waals surface area contributed by atoms with E-state index in [0.29, 0.717) is 12.1 Å². The average Bonchev–Trinajstić information content (AvgIpc) is 2.59. The van der Waals surface area contributed by atoms with Crippen molar-refractivity contribution in [3.05, 3.63) is 64.5 Å². The Morgan fingerprint density at radius 2 is 1.85 bits per heavy atom. The molecule has 0 radical (unpaired) electrons. The molecule has 0 aliphatic rings. The number of nitrogens with one attached hydrogen (secondary N) is 1. The van der Waals surface area contributed by atoms with Crippen molar-refractivity contribution >= 4 is 5.91 Å². The van der Waals surface area contributed by atoms with E-state index in [-0.39, 0.29) is 24.3 Å². The Kier molecular flexibility index (Phi) is 6.75. The van der Waals surface area contributed by atoms with Crippen molar-refractivity contribution in [1.29, 1.82) is 0 Å². The molecule has 0 bridgehead atoms. The highest BCUT2D eigenvalue weighted by Crippen LogP contribution is 2.25. The fourth-order valence-electron chi connectivity index (χ4n) is 3.05. The van der Waals surface area contributed by atoms with Gasteiger partial charge in [0, 0.05) is 18.7 Å². The normalized spacial score (nSPS) is 12.1. The fraction of sp³-hybridized carbons (Fsp3) is 0.381. The highest BCUT2D eigenvalue weighted by molar-refractivity contribution is 5.81. The molecule has 0 fully saturated rings. The van der Waals surface area contributed by atoms with Gasteiger partial charge in [-0.15, -0.1) is 0 Å². The predicted molar refractivity (Wildman–Crippen MR) is 102 cm³/mol. The average molecular weight is 358 g/mol. The monoisotopic (exact) mass is 358 g/mol. The van der Waals surface area contributed by atoms with Gasteiger partial charge in [0.15, 0.2) is 0 Å². The second-order valence-electron chi connectivity index (χ2n) is 6.66. The Bertz CT molecular complexity index is 753. The minimum Gasteiger partial charge on any atom is -0.496 e. The Morgan fingerprint density at radius 3 is 2.42 bits per heavy atom. The fourth-order valence-corrected chi connectivity index (χ4v) is 3.05. The highest BCUT2D eigenvalue weighted by atomic mass is 19.1. The largest absolute Gasteiger partial charge is 0.496 e. The molecule has 2 aromatic rings. The number of carbonyl (C=O) groups is 1. The molecule has 0 aromatic heterocycles. The Labute approximate surface area is 155 Å². The van der Waals surface area contributed by atoms with Crippen molar-refractivity contribution in [2.75, 3.05) is 14.2 Å². The van der Waals surface area contributed by atoms with Crippen LogP contribution in [0.15, 0.2) is 36.4 Å². The molecule has 0 saturated heterocycles. The summed E-state index contributed by atoms with van der Waals surface area (Å²) in [4.78, 5) is 14.4. The van der Waals surface area contributed by atoms with E-state index < -0.39 is 0 Å². The van der Waals surface area contributed by atoms with Crippen molar-refractivity contribution < 1.29 is 13.9 Å². The summed E-state index contributed by atoms with van der Waals surface area (Å²) in [5, 5.41) is 2.81. The number of aryl methyl sites for hydroxylation is 2. The van der Waals surface area contributed by atoms with Crippen molar-refractivity contribution in [2.24, 2.45) is 0 Å². The smallest absolute Gasteiger partial charge is 0.237 e. The van der Waals surface area contributed by atoms with E-state index in [2.05, 4.69) is 17.4 Å². The maximum absolute atomic E-state index is 13.7. The molecule has 0 saturated carbocycles. The number of ether oxygens (including phenoxy) is 1. The first-order valence-corrected chi connectivity index (χ1v) is 8.69. The van der Waals surface area contributed by atoms with E-state index in [1.54, 1.807) is 25.3 Å². The molecule has 1 N–H and O–H groups in total. The van der Waals surface area contributed by atoms with Gasteiger partial charge in [0.05, 0.1) is 13.2 Å². The molecule has 4 nitrogen and oxygen atoms in total. The third kappa shape index (κ3) is 4.82.